The number of hydrogen-bond acceptors (Lipinski definition) is 5. The Labute approximate surface area is 74.8 Å². The van der Waals surface area contributed by atoms with E-state index in [4.69, 9.17) is 0 Å². The van der Waals surface area contributed by atoms with Gasteiger partial charge in [-0.25, -0.2) is 0 Å². The van der Waals surface area contributed by atoms with Crippen molar-refractivity contribution < 1.29 is 0 Å². The van der Waals surface area contributed by atoms with E-state index in [0.717, 1.165) is 11.5 Å². The van der Waals surface area contributed by atoms with Crippen molar-refractivity contribution in [2.24, 2.45) is 0 Å². The first-order chi connectivity index (χ1) is 5.43. The van der Waals surface area contributed by atoms with Crippen molar-refractivity contribution in [3.8, 4) is 0 Å². The van der Waals surface area contributed by atoms with E-state index in [0.29, 0.717) is 0 Å². The third-order valence-corrected chi connectivity index (χ3v) is 2.51. The number of thioether (sulfide) groups is 1. The molecule has 1 heterocycles. The quantitative estimate of drug-likeness (QED) is 0.715. The Morgan fingerprint density at radius 3 is 3.27 bits per heavy atom. The molecule has 0 atom stereocenters. The van der Waals surface area contributed by atoms with Crippen molar-refractivity contribution in [3.63, 3.8) is 0 Å². The zero-order valence-electron chi connectivity index (χ0n) is 6.41. The van der Waals surface area contributed by atoms with Gasteiger partial charge >= 0.3 is 0 Å². The predicted octanol–water partition coefficient (Wildman–Crippen LogP) is 1.70. The third kappa shape index (κ3) is 3.57. The van der Waals surface area contributed by atoms with Gasteiger partial charge in [0.1, 0.15) is 5.00 Å². The Balaban J connectivity index is 2.04. The molecule has 5 heteroatoms. The zero-order valence-corrected chi connectivity index (χ0v) is 8.04. The van der Waals surface area contributed by atoms with Crippen LogP contribution in [0.25, 0.3) is 0 Å². The number of nitrogens with zero attached hydrogens (tertiary/aromatic N) is 2. The van der Waals surface area contributed by atoms with Crippen molar-refractivity contribution in [2.75, 3.05) is 23.9 Å². The smallest absolute Gasteiger partial charge is 0.130 e. The minimum absolute atomic E-state index is 1.02. The summed E-state index contributed by atoms with van der Waals surface area (Å²) in [6.45, 7) is 1.02. The lowest BCUT2D eigenvalue weighted by molar-refractivity contribution is 0.996. The Bertz CT molecular complexity index is 176. The van der Waals surface area contributed by atoms with Gasteiger partial charge in [0.2, 0.25) is 0 Å². The van der Waals surface area contributed by atoms with E-state index < -0.39 is 0 Å². The highest BCUT2D eigenvalue weighted by atomic mass is 32.2. The molecule has 11 heavy (non-hydrogen) atoms. The molecular weight excluding hydrogens is 178 g/mol. The summed E-state index contributed by atoms with van der Waals surface area (Å²) >= 11 is 3.27. The monoisotopic (exact) mass is 189 g/mol. The van der Waals surface area contributed by atoms with Crippen molar-refractivity contribution >= 4 is 28.3 Å². The van der Waals surface area contributed by atoms with Gasteiger partial charge < -0.3 is 5.32 Å². The Morgan fingerprint density at radius 2 is 2.64 bits per heavy atom. The van der Waals surface area contributed by atoms with E-state index in [1.165, 1.54) is 23.7 Å². The van der Waals surface area contributed by atoms with Gasteiger partial charge in [0, 0.05) is 18.1 Å². The molecule has 0 aliphatic carbocycles. The summed E-state index contributed by atoms with van der Waals surface area (Å²) in [5.41, 5.74) is 0. The molecule has 0 aromatic carbocycles. The maximum absolute atomic E-state index is 3.75. The fourth-order valence-electron chi connectivity index (χ4n) is 0.673. The van der Waals surface area contributed by atoms with Gasteiger partial charge in [0.15, 0.2) is 0 Å². The fourth-order valence-corrected chi connectivity index (χ4v) is 1.55. The minimum atomic E-state index is 1.02. The second-order valence-corrected chi connectivity index (χ2v) is 3.83. The molecule has 0 unspecified atom stereocenters. The van der Waals surface area contributed by atoms with E-state index in [-0.39, 0.29) is 0 Å². The van der Waals surface area contributed by atoms with Crippen molar-refractivity contribution in [2.45, 2.75) is 6.42 Å². The normalized spacial score (nSPS) is 9.91. The second kappa shape index (κ2) is 5.37. The number of anilines is 1. The predicted molar refractivity (Wildman–Crippen MR) is 51.4 cm³/mol. The van der Waals surface area contributed by atoms with Gasteiger partial charge in [-0.1, -0.05) is 4.49 Å². The largest absolute Gasteiger partial charge is 0.374 e. The highest BCUT2D eigenvalue weighted by molar-refractivity contribution is 7.98. The van der Waals surface area contributed by atoms with Crippen LogP contribution in [0.2, 0.25) is 0 Å². The van der Waals surface area contributed by atoms with Gasteiger partial charge in [0.05, 0.1) is 6.20 Å². The molecule has 0 amide bonds. The highest BCUT2D eigenvalue weighted by Crippen LogP contribution is 2.08. The van der Waals surface area contributed by atoms with Gasteiger partial charge in [-0.2, -0.15) is 11.8 Å². The average Bonchev–Trinajstić information content (AvgIpc) is 2.50. The van der Waals surface area contributed by atoms with Crippen LogP contribution in [0.1, 0.15) is 6.42 Å². The lowest BCUT2D eigenvalue weighted by Gasteiger charge is -1.99. The molecule has 0 spiro atoms. The third-order valence-electron chi connectivity index (χ3n) is 1.19. The molecule has 1 aromatic heterocycles. The van der Waals surface area contributed by atoms with E-state index >= 15 is 0 Å². The summed E-state index contributed by atoms with van der Waals surface area (Å²) in [6, 6.07) is 0. The molecule has 0 saturated carbocycles. The summed E-state index contributed by atoms with van der Waals surface area (Å²) in [5, 5.41) is 8.02. The molecule has 3 nitrogen and oxygen atoms in total. The first kappa shape index (κ1) is 8.80. The molecule has 0 bridgehead atoms. The van der Waals surface area contributed by atoms with Gasteiger partial charge in [-0.3, -0.25) is 0 Å². The molecule has 0 saturated heterocycles. The summed E-state index contributed by atoms with van der Waals surface area (Å²) in [5.74, 6) is 1.21. The van der Waals surface area contributed by atoms with Crippen LogP contribution < -0.4 is 5.32 Å². The summed E-state index contributed by atoms with van der Waals surface area (Å²) in [4.78, 5) is 0. The van der Waals surface area contributed by atoms with Crippen molar-refractivity contribution in [1.82, 2.24) is 9.59 Å². The number of aromatic nitrogens is 2. The van der Waals surface area contributed by atoms with Crippen molar-refractivity contribution in [1.29, 1.82) is 0 Å². The molecule has 0 aliphatic rings. The maximum Gasteiger partial charge on any atom is 0.130 e. The summed E-state index contributed by atoms with van der Waals surface area (Å²) in [6.07, 6.45) is 5.07. The molecule has 1 aromatic rings. The lowest BCUT2D eigenvalue weighted by Crippen LogP contribution is -2.00. The first-order valence-electron chi connectivity index (χ1n) is 3.43. The zero-order chi connectivity index (χ0) is 7.94. The van der Waals surface area contributed by atoms with E-state index in [2.05, 4.69) is 21.2 Å². The SMILES string of the molecule is CSCCCNc1cnns1. The van der Waals surface area contributed by atoms with Gasteiger partial charge in [0.25, 0.3) is 0 Å². The van der Waals surface area contributed by atoms with Gasteiger partial charge in [-0.05, 0) is 18.4 Å². The van der Waals surface area contributed by atoms with Crippen molar-refractivity contribution in [3.05, 3.63) is 6.20 Å². The Kier molecular flexibility index (Phi) is 4.30. The number of nitrogens with one attached hydrogen (secondary N) is 1. The molecular formula is C6H11N3S2. The van der Waals surface area contributed by atoms with Crippen LogP contribution in [0.15, 0.2) is 6.20 Å². The average molecular weight is 189 g/mol. The topological polar surface area (TPSA) is 37.8 Å². The molecule has 0 aliphatic heterocycles. The first-order valence-corrected chi connectivity index (χ1v) is 5.60. The molecule has 62 valence electrons. The number of rotatable bonds is 5. The standard InChI is InChI=1S/C6H11N3S2/c1-10-4-2-3-7-6-5-8-9-11-6/h5,7H,2-4H2,1H3. The molecule has 1 rings (SSSR count). The van der Waals surface area contributed by atoms with Crippen LogP contribution in [0.3, 0.4) is 0 Å². The maximum atomic E-state index is 3.75. The fraction of sp³-hybridized carbons (Fsp3) is 0.667. The molecule has 1 N–H and O–H groups in total. The minimum Gasteiger partial charge on any atom is -0.374 e. The van der Waals surface area contributed by atoms with Crippen LogP contribution in [-0.4, -0.2) is 28.1 Å². The molecule has 0 fully saturated rings. The van der Waals surface area contributed by atoms with Crippen LogP contribution in [-0.2, 0) is 0 Å². The van der Waals surface area contributed by atoms with Crippen LogP contribution >= 0.6 is 23.3 Å². The van der Waals surface area contributed by atoms with Gasteiger partial charge in [-0.15, -0.1) is 5.10 Å². The molecule has 0 radical (unpaired) electrons. The highest BCUT2D eigenvalue weighted by Gasteiger charge is 1.92. The Hall–Kier alpha value is -0.290. The van der Waals surface area contributed by atoms with Crippen LogP contribution in [0.5, 0.6) is 0 Å². The number of hydrogen-bond donors (Lipinski definition) is 1. The van der Waals surface area contributed by atoms with E-state index in [1.54, 1.807) is 6.20 Å². The van der Waals surface area contributed by atoms with E-state index in [9.17, 15) is 0 Å². The lowest BCUT2D eigenvalue weighted by atomic mass is 10.5. The second-order valence-electron chi connectivity index (χ2n) is 2.05. The van der Waals surface area contributed by atoms with E-state index in [1.807, 2.05) is 11.8 Å². The Morgan fingerprint density at radius 1 is 1.73 bits per heavy atom. The van der Waals surface area contributed by atoms with Crippen LogP contribution in [0, 0.1) is 0 Å². The van der Waals surface area contributed by atoms with Crippen LogP contribution in [0.4, 0.5) is 5.00 Å². The summed E-state index contributed by atoms with van der Waals surface area (Å²) in [7, 11) is 0. The summed E-state index contributed by atoms with van der Waals surface area (Å²) < 4.78 is 3.75.